The minimum absolute atomic E-state index is 0.0602. The van der Waals surface area contributed by atoms with Gasteiger partial charge in [0.2, 0.25) is 0 Å². The summed E-state index contributed by atoms with van der Waals surface area (Å²) in [6.07, 6.45) is 0.0602. The summed E-state index contributed by atoms with van der Waals surface area (Å²) >= 11 is 0. The van der Waals surface area contributed by atoms with Crippen LogP contribution >= 0.6 is 9.24 Å². The molecule has 1 aromatic carbocycles. The molecule has 1 unspecified atom stereocenters. The van der Waals surface area contributed by atoms with Crippen LogP contribution in [-0.4, -0.2) is 25.2 Å². The molecule has 1 atom stereocenters. The molecular weight excluding hydrogens is 306 g/mol. The number of hydrogen-bond donors (Lipinski definition) is 0. The quantitative estimate of drug-likeness (QED) is 0.439. The number of benzene rings is 1. The van der Waals surface area contributed by atoms with Crippen molar-refractivity contribution in [3.63, 3.8) is 0 Å². The molecule has 0 heterocycles. The number of allylic oxidation sites excluding steroid dienone is 1. The van der Waals surface area contributed by atoms with Gasteiger partial charge in [-0.25, -0.2) is 4.39 Å². The van der Waals surface area contributed by atoms with E-state index in [4.69, 9.17) is 9.47 Å². The van der Waals surface area contributed by atoms with E-state index in [1.54, 1.807) is 19.9 Å². The fourth-order valence-corrected chi connectivity index (χ4v) is 2.42. The van der Waals surface area contributed by atoms with Gasteiger partial charge in [-0.2, -0.15) is 0 Å². The zero-order valence-corrected chi connectivity index (χ0v) is 13.9. The van der Waals surface area contributed by atoms with Crippen LogP contribution in [0.15, 0.2) is 24.8 Å². The first-order valence-corrected chi connectivity index (χ1v) is 7.54. The molecule has 0 radical (unpaired) electrons. The van der Waals surface area contributed by atoms with Crippen molar-refractivity contribution in [2.24, 2.45) is 5.92 Å². The number of hydrogen-bond acceptors (Lipinski definition) is 4. The highest BCUT2D eigenvalue weighted by molar-refractivity contribution is 7.27. The number of rotatable bonds is 7. The topological polar surface area (TPSA) is 52.6 Å². The first-order valence-electron chi connectivity index (χ1n) is 6.97. The number of halogens is 1. The molecule has 0 amide bonds. The maximum atomic E-state index is 13.1. The highest BCUT2D eigenvalue weighted by Crippen LogP contribution is 2.23. The maximum Gasteiger partial charge on any atom is 0.320 e. The first kappa shape index (κ1) is 18.3. The van der Waals surface area contributed by atoms with Gasteiger partial charge in [0.25, 0.3) is 0 Å². The standard InChI is InChI=1S/C16H20FO4P/c1-4-20-15(18)13(16(19)21-5-2)8-10(3)12-7-6-11(17)9-14(12)22/h6-7,9,13H,3-5,8,22H2,1-2H3. The third-order valence-corrected chi connectivity index (χ3v) is 3.46. The molecule has 0 aliphatic heterocycles. The van der Waals surface area contributed by atoms with Gasteiger partial charge in [0, 0.05) is 0 Å². The summed E-state index contributed by atoms with van der Waals surface area (Å²) in [6.45, 7) is 7.56. The molecule has 0 N–H and O–H groups in total. The molecule has 0 spiro atoms. The summed E-state index contributed by atoms with van der Waals surface area (Å²) in [5.74, 6) is -2.72. The van der Waals surface area contributed by atoms with Crippen molar-refractivity contribution in [3.8, 4) is 0 Å². The van der Waals surface area contributed by atoms with Crippen molar-refractivity contribution in [1.82, 2.24) is 0 Å². The van der Waals surface area contributed by atoms with E-state index < -0.39 is 17.9 Å². The molecule has 0 aliphatic carbocycles. The average molecular weight is 326 g/mol. The monoisotopic (exact) mass is 326 g/mol. The lowest BCUT2D eigenvalue weighted by molar-refractivity contribution is -0.161. The number of carbonyl (C=O) groups is 2. The molecule has 0 aromatic heterocycles. The van der Waals surface area contributed by atoms with Gasteiger partial charge in [-0.15, -0.1) is 9.24 Å². The molecule has 0 bridgehead atoms. The predicted octanol–water partition coefficient (Wildman–Crippen LogP) is 2.47. The normalized spacial score (nSPS) is 10.4. The van der Waals surface area contributed by atoms with Crippen LogP contribution < -0.4 is 5.30 Å². The van der Waals surface area contributed by atoms with Crippen LogP contribution in [0.5, 0.6) is 0 Å². The average Bonchev–Trinajstić information content (AvgIpc) is 2.44. The van der Waals surface area contributed by atoms with Gasteiger partial charge in [-0.3, -0.25) is 9.59 Å². The summed E-state index contributed by atoms with van der Waals surface area (Å²) in [5.41, 5.74) is 1.21. The smallest absolute Gasteiger partial charge is 0.320 e. The van der Waals surface area contributed by atoms with E-state index in [2.05, 4.69) is 15.8 Å². The highest BCUT2D eigenvalue weighted by Gasteiger charge is 2.30. The Morgan fingerprint density at radius 1 is 1.23 bits per heavy atom. The van der Waals surface area contributed by atoms with E-state index in [1.807, 2.05) is 0 Å². The lowest BCUT2D eigenvalue weighted by Crippen LogP contribution is -2.28. The van der Waals surface area contributed by atoms with Gasteiger partial charge in [0.05, 0.1) is 13.2 Å². The van der Waals surface area contributed by atoms with Gasteiger partial charge in [-0.1, -0.05) is 12.6 Å². The molecular formula is C16H20FO4P. The van der Waals surface area contributed by atoms with Crippen molar-refractivity contribution in [3.05, 3.63) is 36.2 Å². The van der Waals surface area contributed by atoms with Gasteiger partial charge in [0.15, 0.2) is 5.92 Å². The van der Waals surface area contributed by atoms with Crippen molar-refractivity contribution in [2.45, 2.75) is 20.3 Å². The van der Waals surface area contributed by atoms with Crippen LogP contribution in [0.1, 0.15) is 25.8 Å². The van der Waals surface area contributed by atoms with E-state index in [0.29, 0.717) is 16.4 Å². The lowest BCUT2D eigenvalue weighted by atomic mass is 9.95. The van der Waals surface area contributed by atoms with E-state index in [9.17, 15) is 14.0 Å². The van der Waals surface area contributed by atoms with Crippen LogP contribution in [0.25, 0.3) is 5.57 Å². The Balaban J connectivity index is 2.94. The maximum absolute atomic E-state index is 13.1. The largest absolute Gasteiger partial charge is 0.465 e. The summed E-state index contributed by atoms with van der Waals surface area (Å²) in [4.78, 5) is 23.9. The Bertz CT molecular complexity index is 553. The van der Waals surface area contributed by atoms with Gasteiger partial charge in [-0.05, 0) is 48.8 Å². The van der Waals surface area contributed by atoms with Gasteiger partial charge < -0.3 is 9.47 Å². The number of carbonyl (C=O) groups excluding carboxylic acids is 2. The van der Waals surface area contributed by atoms with Crippen molar-refractivity contribution in [1.29, 1.82) is 0 Å². The van der Waals surface area contributed by atoms with Gasteiger partial charge >= 0.3 is 11.9 Å². The Hall–Kier alpha value is -1.74. The minimum Gasteiger partial charge on any atom is -0.465 e. The van der Waals surface area contributed by atoms with Crippen LogP contribution in [0.3, 0.4) is 0 Å². The minimum atomic E-state index is -1.07. The molecule has 0 fully saturated rings. The molecule has 1 aromatic rings. The molecule has 22 heavy (non-hydrogen) atoms. The van der Waals surface area contributed by atoms with Crippen LogP contribution in [0, 0.1) is 11.7 Å². The Morgan fingerprint density at radius 3 is 2.23 bits per heavy atom. The SMILES string of the molecule is C=C(CC(C(=O)OCC)C(=O)OCC)c1ccc(F)cc1P. The van der Waals surface area contributed by atoms with E-state index in [1.165, 1.54) is 12.1 Å². The van der Waals surface area contributed by atoms with Crippen molar-refractivity contribution >= 4 is 32.1 Å². The van der Waals surface area contributed by atoms with Crippen LogP contribution in [0.2, 0.25) is 0 Å². The third-order valence-electron chi connectivity index (χ3n) is 2.99. The summed E-state index contributed by atoms with van der Waals surface area (Å²) in [5, 5.41) is 0.608. The Kier molecular flexibility index (Phi) is 7.19. The fourth-order valence-electron chi connectivity index (χ4n) is 1.96. The molecule has 0 saturated carbocycles. The van der Waals surface area contributed by atoms with Crippen LogP contribution in [-0.2, 0) is 19.1 Å². The Labute approximate surface area is 131 Å². The third kappa shape index (κ3) is 4.92. The predicted molar refractivity (Wildman–Crippen MR) is 86.2 cm³/mol. The number of ether oxygens (including phenoxy) is 2. The second kappa shape index (κ2) is 8.64. The first-order chi connectivity index (χ1) is 10.4. The van der Waals surface area contributed by atoms with Gasteiger partial charge in [0.1, 0.15) is 5.82 Å². The molecule has 0 saturated heterocycles. The second-order valence-electron chi connectivity index (χ2n) is 4.60. The van der Waals surface area contributed by atoms with E-state index >= 15 is 0 Å². The van der Waals surface area contributed by atoms with Crippen LogP contribution in [0.4, 0.5) is 4.39 Å². The zero-order valence-electron chi connectivity index (χ0n) is 12.7. The summed E-state index contributed by atoms with van der Waals surface area (Å²) < 4.78 is 23.0. The Morgan fingerprint density at radius 2 is 1.77 bits per heavy atom. The summed E-state index contributed by atoms with van der Waals surface area (Å²) in [6, 6.07) is 4.21. The van der Waals surface area contributed by atoms with Crippen molar-refractivity contribution in [2.75, 3.05) is 13.2 Å². The zero-order chi connectivity index (χ0) is 16.7. The second-order valence-corrected chi connectivity index (χ2v) is 5.22. The molecule has 6 heteroatoms. The molecule has 4 nitrogen and oxygen atoms in total. The number of esters is 2. The molecule has 0 aliphatic rings. The summed E-state index contributed by atoms with van der Waals surface area (Å²) in [7, 11) is 2.41. The molecule has 1 rings (SSSR count). The van der Waals surface area contributed by atoms with Crippen molar-refractivity contribution < 1.29 is 23.5 Å². The van der Waals surface area contributed by atoms with E-state index in [-0.39, 0.29) is 25.5 Å². The fraction of sp³-hybridized carbons (Fsp3) is 0.375. The molecule has 120 valence electrons. The lowest BCUT2D eigenvalue weighted by Gasteiger charge is -2.16. The van der Waals surface area contributed by atoms with E-state index in [0.717, 1.165) is 0 Å². The highest BCUT2D eigenvalue weighted by atomic mass is 31.0.